The van der Waals surface area contributed by atoms with Gasteiger partial charge in [0.15, 0.2) is 5.78 Å². The molecule has 0 bridgehead atoms. The number of carboxylic acids is 1. The van der Waals surface area contributed by atoms with E-state index in [9.17, 15) is 19.8 Å². The number of Topliss-reactive ketones (excluding diaryl/α,β-unsaturated/α-hetero) is 1. The van der Waals surface area contributed by atoms with Gasteiger partial charge in [0.05, 0.1) is 5.41 Å². The molecule has 5 heteroatoms. The molecular formula is C32H37NO4. The van der Waals surface area contributed by atoms with Crippen LogP contribution in [0.4, 0.5) is 0 Å². The number of rotatable bonds is 10. The Morgan fingerprint density at radius 2 is 1.35 bits per heavy atom. The molecule has 0 saturated carbocycles. The highest BCUT2D eigenvalue weighted by Crippen LogP contribution is 2.42. The molecule has 1 heterocycles. The molecule has 5 nitrogen and oxygen atoms in total. The second-order valence-electron chi connectivity index (χ2n) is 10.6. The van der Waals surface area contributed by atoms with Crippen molar-refractivity contribution in [2.45, 2.75) is 50.5 Å². The Hall–Kier alpha value is -3.28. The predicted octanol–water partition coefficient (Wildman–Crippen LogP) is 5.66. The maximum Gasteiger partial charge on any atom is 0.313 e. The van der Waals surface area contributed by atoms with E-state index in [1.54, 1.807) is 38.1 Å². The van der Waals surface area contributed by atoms with E-state index in [-0.39, 0.29) is 11.7 Å². The van der Waals surface area contributed by atoms with Crippen molar-refractivity contribution in [2.24, 2.45) is 5.92 Å². The summed E-state index contributed by atoms with van der Waals surface area (Å²) in [6, 6.07) is 26.9. The Kier molecular flexibility index (Phi) is 8.25. The number of aliphatic hydroxyl groups is 1. The molecule has 3 aromatic rings. The summed E-state index contributed by atoms with van der Waals surface area (Å²) in [4.78, 5) is 27.2. The summed E-state index contributed by atoms with van der Waals surface area (Å²) in [6.07, 6.45) is 2.82. The van der Waals surface area contributed by atoms with Crippen LogP contribution in [0.15, 0.2) is 84.9 Å². The molecule has 1 saturated heterocycles. The summed E-state index contributed by atoms with van der Waals surface area (Å²) in [5.74, 6) is -0.857. The van der Waals surface area contributed by atoms with Crippen LogP contribution in [-0.4, -0.2) is 46.5 Å². The van der Waals surface area contributed by atoms with Crippen LogP contribution in [0.25, 0.3) is 0 Å². The van der Waals surface area contributed by atoms with Crippen molar-refractivity contribution in [1.82, 2.24) is 4.90 Å². The van der Waals surface area contributed by atoms with Crippen molar-refractivity contribution >= 4 is 11.8 Å². The molecule has 0 aromatic heterocycles. The van der Waals surface area contributed by atoms with Crippen LogP contribution in [-0.2, 0) is 15.8 Å². The standard InChI is InChI=1S/C32H37NO4/c1-31(2,30(35)36)28-17-10-9-16-27(28)29(34)18-11-21-33-22-19-26(20-23-33)32(37,24-12-5-3-6-13-24)25-14-7-4-8-15-25/h3-10,12-17,26,37H,11,18-23H2,1-2H3,(H,35,36). The number of hydrogen-bond donors (Lipinski definition) is 2. The largest absolute Gasteiger partial charge is 0.481 e. The van der Waals surface area contributed by atoms with Crippen molar-refractivity contribution in [3.05, 3.63) is 107 Å². The molecule has 0 radical (unpaired) electrons. The molecule has 4 rings (SSSR count). The van der Waals surface area contributed by atoms with Gasteiger partial charge in [-0.25, -0.2) is 0 Å². The van der Waals surface area contributed by atoms with Gasteiger partial charge in [0, 0.05) is 12.0 Å². The average molecular weight is 500 g/mol. The lowest BCUT2D eigenvalue weighted by molar-refractivity contribution is -0.142. The quantitative estimate of drug-likeness (QED) is 0.352. The first kappa shape index (κ1) is 26.8. The van der Waals surface area contributed by atoms with Crippen LogP contribution < -0.4 is 0 Å². The number of hydrogen-bond acceptors (Lipinski definition) is 4. The van der Waals surface area contributed by atoms with Crippen molar-refractivity contribution in [3.8, 4) is 0 Å². The highest BCUT2D eigenvalue weighted by molar-refractivity contribution is 5.99. The molecule has 1 aliphatic heterocycles. The lowest BCUT2D eigenvalue weighted by atomic mass is 9.72. The Labute approximate surface area is 219 Å². The van der Waals surface area contributed by atoms with Crippen molar-refractivity contribution in [1.29, 1.82) is 0 Å². The number of nitrogens with zero attached hydrogens (tertiary/aromatic N) is 1. The molecule has 1 fully saturated rings. The molecule has 0 amide bonds. The molecule has 37 heavy (non-hydrogen) atoms. The van der Waals surface area contributed by atoms with E-state index in [0.29, 0.717) is 24.0 Å². The van der Waals surface area contributed by atoms with Gasteiger partial charge in [0.2, 0.25) is 0 Å². The van der Waals surface area contributed by atoms with Crippen LogP contribution in [0.3, 0.4) is 0 Å². The molecule has 0 spiro atoms. The summed E-state index contributed by atoms with van der Waals surface area (Å²) in [6.45, 7) is 5.81. The number of carbonyl (C=O) groups is 2. The second kappa shape index (κ2) is 11.4. The number of piperidine rings is 1. The summed E-state index contributed by atoms with van der Waals surface area (Å²) in [7, 11) is 0. The Morgan fingerprint density at radius 1 is 0.838 bits per heavy atom. The van der Waals surface area contributed by atoms with E-state index in [1.165, 1.54) is 0 Å². The zero-order chi connectivity index (χ0) is 26.5. The summed E-state index contributed by atoms with van der Waals surface area (Å²) in [5.41, 5.74) is 0.758. The van der Waals surface area contributed by atoms with Gasteiger partial charge in [0.25, 0.3) is 0 Å². The SMILES string of the molecule is CC(C)(C(=O)O)c1ccccc1C(=O)CCCN1CCC(C(O)(c2ccccc2)c2ccccc2)CC1. The van der Waals surface area contributed by atoms with Crippen LogP contribution in [0, 0.1) is 5.92 Å². The van der Waals surface area contributed by atoms with Gasteiger partial charge < -0.3 is 15.1 Å². The normalized spacial score (nSPS) is 15.4. The first-order valence-corrected chi connectivity index (χ1v) is 13.2. The zero-order valence-corrected chi connectivity index (χ0v) is 21.8. The van der Waals surface area contributed by atoms with Gasteiger partial charge in [-0.15, -0.1) is 0 Å². The van der Waals surface area contributed by atoms with Crippen LogP contribution in [0.1, 0.15) is 66.6 Å². The number of ketones is 1. The van der Waals surface area contributed by atoms with Crippen molar-refractivity contribution in [3.63, 3.8) is 0 Å². The first-order chi connectivity index (χ1) is 17.7. The van der Waals surface area contributed by atoms with Crippen molar-refractivity contribution in [2.75, 3.05) is 19.6 Å². The fourth-order valence-electron chi connectivity index (χ4n) is 5.58. The Balaban J connectivity index is 1.37. The van der Waals surface area contributed by atoms with Gasteiger partial charge >= 0.3 is 5.97 Å². The molecule has 194 valence electrons. The number of benzene rings is 3. The Bertz CT molecular complexity index is 1160. The van der Waals surface area contributed by atoms with Crippen LogP contribution in [0.5, 0.6) is 0 Å². The van der Waals surface area contributed by atoms with Gasteiger partial charge in [-0.3, -0.25) is 9.59 Å². The first-order valence-electron chi connectivity index (χ1n) is 13.2. The van der Waals surface area contributed by atoms with E-state index in [0.717, 1.165) is 43.6 Å². The minimum Gasteiger partial charge on any atom is -0.481 e. The fraction of sp³-hybridized carbons (Fsp3) is 0.375. The third-order valence-electron chi connectivity index (χ3n) is 7.92. The highest BCUT2D eigenvalue weighted by Gasteiger charge is 2.41. The molecule has 1 aliphatic rings. The lowest BCUT2D eigenvalue weighted by Crippen LogP contribution is -2.44. The van der Waals surface area contributed by atoms with Gasteiger partial charge in [-0.2, -0.15) is 0 Å². The molecule has 3 aromatic carbocycles. The van der Waals surface area contributed by atoms with E-state index >= 15 is 0 Å². The molecule has 0 aliphatic carbocycles. The van der Waals surface area contributed by atoms with Crippen molar-refractivity contribution < 1.29 is 19.8 Å². The summed E-state index contributed by atoms with van der Waals surface area (Å²) in [5, 5.41) is 21.7. The van der Waals surface area contributed by atoms with E-state index in [2.05, 4.69) is 4.90 Å². The number of likely N-dealkylation sites (tertiary alicyclic amines) is 1. The minimum absolute atomic E-state index is 0.0117. The molecule has 0 atom stereocenters. The van der Waals surface area contributed by atoms with E-state index < -0.39 is 17.0 Å². The van der Waals surface area contributed by atoms with E-state index in [4.69, 9.17) is 0 Å². The number of aliphatic carboxylic acids is 1. The third-order valence-corrected chi connectivity index (χ3v) is 7.92. The maximum absolute atomic E-state index is 13.0. The zero-order valence-electron chi connectivity index (χ0n) is 21.8. The molecule has 2 N–H and O–H groups in total. The average Bonchev–Trinajstić information content (AvgIpc) is 2.93. The smallest absolute Gasteiger partial charge is 0.313 e. The second-order valence-corrected chi connectivity index (χ2v) is 10.6. The fourth-order valence-corrected chi connectivity index (χ4v) is 5.58. The third kappa shape index (κ3) is 5.68. The molecular weight excluding hydrogens is 462 g/mol. The lowest BCUT2D eigenvalue weighted by Gasteiger charge is -2.42. The minimum atomic E-state index is -1.12. The number of carboxylic acid groups (broad SMARTS) is 1. The van der Waals surface area contributed by atoms with Gasteiger partial charge in [-0.1, -0.05) is 84.9 Å². The maximum atomic E-state index is 13.0. The monoisotopic (exact) mass is 499 g/mol. The van der Waals surface area contributed by atoms with Gasteiger partial charge in [0.1, 0.15) is 5.60 Å². The van der Waals surface area contributed by atoms with Crippen LogP contribution in [0.2, 0.25) is 0 Å². The van der Waals surface area contributed by atoms with Crippen LogP contribution >= 0.6 is 0 Å². The Morgan fingerprint density at radius 3 is 1.89 bits per heavy atom. The van der Waals surface area contributed by atoms with E-state index in [1.807, 2.05) is 60.7 Å². The molecule has 0 unspecified atom stereocenters. The summed E-state index contributed by atoms with van der Waals surface area (Å²) < 4.78 is 0. The van der Waals surface area contributed by atoms with Gasteiger partial charge in [-0.05, 0) is 75.4 Å². The highest BCUT2D eigenvalue weighted by atomic mass is 16.4. The topological polar surface area (TPSA) is 77.8 Å². The summed E-state index contributed by atoms with van der Waals surface area (Å²) >= 11 is 0. The number of carbonyl (C=O) groups excluding carboxylic acids is 1. The predicted molar refractivity (Wildman–Crippen MR) is 146 cm³/mol.